The van der Waals surface area contributed by atoms with Crippen LogP contribution in [0.2, 0.25) is 0 Å². The number of fused-ring (bicyclic) bond motifs is 5. The van der Waals surface area contributed by atoms with Crippen LogP contribution in [0, 0.1) is 46.3 Å². The van der Waals surface area contributed by atoms with Gasteiger partial charge in [0, 0.05) is 0 Å². The highest BCUT2D eigenvalue weighted by Crippen LogP contribution is 2.67. The molecule has 0 saturated heterocycles. The van der Waals surface area contributed by atoms with E-state index in [0.717, 1.165) is 38.5 Å². The minimum atomic E-state index is -4.53. The van der Waals surface area contributed by atoms with Crippen molar-refractivity contribution in [2.45, 2.75) is 122 Å². The lowest BCUT2D eigenvalue weighted by Crippen LogP contribution is -2.54. The first-order chi connectivity index (χ1) is 15.9. The van der Waals surface area contributed by atoms with Gasteiger partial charge >= 0.3 is 6.18 Å². The molecule has 9 atom stereocenters. The Labute approximate surface area is 203 Å². The topological polar surface area (TPSA) is 40.5 Å². The summed E-state index contributed by atoms with van der Waals surface area (Å²) in [4.78, 5) is 0. The Balaban J connectivity index is 1.30. The number of hydrogen-bond donors (Lipinski definition) is 2. The molecule has 0 heterocycles. The molecule has 5 heteroatoms. The van der Waals surface area contributed by atoms with Crippen molar-refractivity contribution in [3.05, 3.63) is 11.6 Å². The highest BCUT2D eigenvalue weighted by Gasteiger charge is 2.61. The summed E-state index contributed by atoms with van der Waals surface area (Å²) in [5.74, 6) is 2.04. The van der Waals surface area contributed by atoms with Crippen molar-refractivity contribution in [1.82, 2.24) is 0 Å². The molecule has 4 saturated carbocycles. The lowest BCUT2D eigenvalue weighted by atomic mass is 9.47. The Hall–Kier alpha value is -0.550. The van der Waals surface area contributed by atoms with Gasteiger partial charge in [-0.05, 0) is 123 Å². The van der Waals surface area contributed by atoms with E-state index >= 15 is 0 Å². The molecule has 34 heavy (non-hydrogen) atoms. The summed E-state index contributed by atoms with van der Waals surface area (Å²) >= 11 is 0. The Morgan fingerprint density at radius 2 is 1.76 bits per heavy atom. The van der Waals surface area contributed by atoms with Crippen LogP contribution >= 0.6 is 0 Å². The van der Waals surface area contributed by atoms with E-state index in [1.807, 2.05) is 0 Å². The van der Waals surface area contributed by atoms with E-state index in [2.05, 4.69) is 26.8 Å². The molecule has 0 aromatic rings. The predicted molar refractivity (Wildman–Crippen MR) is 128 cm³/mol. The van der Waals surface area contributed by atoms with Crippen molar-refractivity contribution < 1.29 is 23.4 Å². The van der Waals surface area contributed by atoms with Crippen LogP contribution in [0.15, 0.2) is 11.6 Å². The van der Waals surface area contributed by atoms with E-state index in [1.165, 1.54) is 24.8 Å². The minimum absolute atomic E-state index is 0.141. The van der Waals surface area contributed by atoms with Crippen molar-refractivity contribution in [2.75, 3.05) is 0 Å². The Morgan fingerprint density at radius 1 is 1.03 bits per heavy atom. The highest BCUT2D eigenvalue weighted by atomic mass is 19.4. The SMILES string of the molecule is CC(CCC(O)(C1CCC1)C(F)(F)F)[C@H]1CC[C@H]2[C@@H]3CC=C4C[C@@H](O)CC[C@]4(C)[C@H]3CC[C@]12C. The van der Waals surface area contributed by atoms with Gasteiger partial charge in [0.05, 0.1) is 6.10 Å². The molecule has 0 bridgehead atoms. The van der Waals surface area contributed by atoms with E-state index < -0.39 is 17.7 Å². The molecule has 0 aliphatic heterocycles. The normalized spacial score (nSPS) is 45.3. The highest BCUT2D eigenvalue weighted by molar-refractivity contribution is 5.25. The number of hydrogen-bond acceptors (Lipinski definition) is 2. The molecule has 194 valence electrons. The van der Waals surface area contributed by atoms with Crippen molar-refractivity contribution in [1.29, 1.82) is 0 Å². The molecule has 2 N–H and O–H groups in total. The standard InChI is InChI=1S/C29H45F3O2/c1-18(11-16-28(34,29(30,31)32)19-5-4-6-19)23-9-10-24-22-8-7-20-17-21(33)12-14-26(20,2)25(22)13-15-27(23,24)3/h7,18-19,21-25,33-34H,4-6,8-17H2,1-3H3/t18?,21-,22-,23+,24-,25-,26-,27+,28?/m0/s1. The van der Waals surface area contributed by atoms with Gasteiger partial charge in [0.15, 0.2) is 5.60 Å². The molecular formula is C29H45F3O2. The minimum Gasteiger partial charge on any atom is -0.393 e. The summed E-state index contributed by atoms with van der Waals surface area (Å²) < 4.78 is 41.6. The summed E-state index contributed by atoms with van der Waals surface area (Å²) in [5, 5.41) is 20.9. The van der Waals surface area contributed by atoms with Gasteiger partial charge in [-0.15, -0.1) is 0 Å². The van der Waals surface area contributed by atoms with Crippen LogP contribution in [0.1, 0.15) is 104 Å². The molecule has 0 aromatic carbocycles. The number of aliphatic hydroxyl groups excluding tert-OH is 1. The van der Waals surface area contributed by atoms with E-state index in [0.29, 0.717) is 42.9 Å². The number of aliphatic hydroxyl groups is 2. The molecule has 0 radical (unpaired) electrons. The fraction of sp³-hybridized carbons (Fsp3) is 0.931. The van der Waals surface area contributed by atoms with Crippen LogP contribution in [0.5, 0.6) is 0 Å². The number of halogens is 3. The fourth-order valence-corrected chi connectivity index (χ4v) is 9.73. The van der Waals surface area contributed by atoms with E-state index in [-0.39, 0.29) is 29.3 Å². The van der Waals surface area contributed by atoms with E-state index in [1.54, 1.807) is 0 Å². The largest absolute Gasteiger partial charge is 0.417 e. The van der Waals surface area contributed by atoms with Gasteiger partial charge in [-0.25, -0.2) is 0 Å². The third kappa shape index (κ3) is 3.73. The van der Waals surface area contributed by atoms with Gasteiger partial charge in [-0.1, -0.05) is 38.8 Å². The van der Waals surface area contributed by atoms with Crippen LogP contribution in [-0.2, 0) is 0 Å². The van der Waals surface area contributed by atoms with Crippen LogP contribution in [0.25, 0.3) is 0 Å². The van der Waals surface area contributed by atoms with Crippen LogP contribution < -0.4 is 0 Å². The summed E-state index contributed by atoms with van der Waals surface area (Å²) in [6, 6.07) is 0. The maximum Gasteiger partial charge on any atom is 0.417 e. The van der Waals surface area contributed by atoms with Crippen LogP contribution in [0.3, 0.4) is 0 Å². The third-order valence-electron chi connectivity index (χ3n) is 12.1. The molecule has 2 nitrogen and oxygen atoms in total. The Bertz CT molecular complexity index is 804. The zero-order chi connectivity index (χ0) is 24.5. The van der Waals surface area contributed by atoms with Crippen LogP contribution in [-0.4, -0.2) is 28.1 Å². The predicted octanol–water partition coefficient (Wildman–Crippen LogP) is 7.44. The zero-order valence-electron chi connectivity index (χ0n) is 21.3. The monoisotopic (exact) mass is 482 g/mol. The van der Waals surface area contributed by atoms with Crippen molar-refractivity contribution in [3.8, 4) is 0 Å². The fourth-order valence-electron chi connectivity index (χ4n) is 9.73. The first kappa shape index (κ1) is 25.1. The second-order valence-corrected chi connectivity index (χ2v) is 13.5. The summed E-state index contributed by atoms with van der Waals surface area (Å²) in [7, 11) is 0. The molecule has 0 amide bonds. The van der Waals surface area contributed by atoms with Gasteiger partial charge in [0.1, 0.15) is 0 Å². The first-order valence-electron chi connectivity index (χ1n) is 14.1. The average molecular weight is 483 g/mol. The van der Waals surface area contributed by atoms with E-state index in [4.69, 9.17) is 0 Å². The Kier molecular flexibility index (Phi) is 6.28. The molecule has 5 aliphatic rings. The summed E-state index contributed by atoms with van der Waals surface area (Å²) in [6.07, 6.45) is 8.50. The lowest BCUT2D eigenvalue weighted by molar-refractivity contribution is -0.291. The molecule has 5 rings (SSSR count). The molecule has 5 aliphatic carbocycles. The summed E-state index contributed by atoms with van der Waals surface area (Å²) in [6.45, 7) is 7.04. The van der Waals surface area contributed by atoms with Gasteiger partial charge in [-0.3, -0.25) is 0 Å². The Morgan fingerprint density at radius 3 is 2.41 bits per heavy atom. The molecule has 0 aromatic heterocycles. The van der Waals surface area contributed by atoms with Gasteiger partial charge in [-0.2, -0.15) is 13.2 Å². The average Bonchev–Trinajstić information content (AvgIpc) is 3.08. The maximum atomic E-state index is 13.9. The van der Waals surface area contributed by atoms with E-state index in [9.17, 15) is 23.4 Å². The smallest absolute Gasteiger partial charge is 0.393 e. The van der Waals surface area contributed by atoms with Crippen molar-refractivity contribution >= 4 is 0 Å². The molecule has 0 spiro atoms. The van der Waals surface area contributed by atoms with Crippen molar-refractivity contribution in [3.63, 3.8) is 0 Å². The van der Waals surface area contributed by atoms with Gasteiger partial charge in [0.25, 0.3) is 0 Å². The number of rotatable bonds is 5. The van der Waals surface area contributed by atoms with Gasteiger partial charge < -0.3 is 10.2 Å². The number of alkyl halides is 3. The molecule has 4 fully saturated rings. The summed E-state index contributed by atoms with van der Waals surface area (Å²) in [5.41, 5.74) is -0.593. The number of allylic oxidation sites excluding steroid dienone is 1. The molecule has 2 unspecified atom stereocenters. The zero-order valence-corrected chi connectivity index (χ0v) is 21.3. The second kappa shape index (κ2) is 8.50. The quantitative estimate of drug-likeness (QED) is 0.400. The second-order valence-electron chi connectivity index (χ2n) is 13.5. The van der Waals surface area contributed by atoms with Crippen LogP contribution in [0.4, 0.5) is 13.2 Å². The first-order valence-corrected chi connectivity index (χ1v) is 14.1. The van der Waals surface area contributed by atoms with Crippen molar-refractivity contribution in [2.24, 2.45) is 46.3 Å². The maximum absolute atomic E-state index is 13.9. The third-order valence-corrected chi connectivity index (χ3v) is 12.1. The van der Waals surface area contributed by atoms with Gasteiger partial charge in [0.2, 0.25) is 0 Å². The lowest BCUT2D eigenvalue weighted by Gasteiger charge is -2.58. The molecular weight excluding hydrogens is 437 g/mol.